The van der Waals surface area contributed by atoms with Crippen LogP contribution in [-0.4, -0.2) is 41.0 Å². The molecule has 0 aliphatic carbocycles. The van der Waals surface area contributed by atoms with Crippen LogP contribution in [0.1, 0.15) is 28.5 Å². The highest BCUT2D eigenvalue weighted by Crippen LogP contribution is 2.28. The molecule has 0 aliphatic heterocycles. The van der Waals surface area contributed by atoms with Crippen LogP contribution in [-0.2, 0) is 13.2 Å². The number of carbonyl (C=O) groups excluding carboxylic acids is 1. The van der Waals surface area contributed by atoms with Gasteiger partial charge in [0.1, 0.15) is 18.0 Å². The van der Waals surface area contributed by atoms with Crippen molar-refractivity contribution in [1.29, 1.82) is 0 Å². The molecule has 0 aliphatic rings. The lowest BCUT2D eigenvalue weighted by molar-refractivity contribution is 0.0752. The van der Waals surface area contributed by atoms with Crippen LogP contribution in [0.4, 0.5) is 0 Å². The normalized spacial score (nSPS) is 10.8. The van der Waals surface area contributed by atoms with Gasteiger partial charge >= 0.3 is 0 Å². The smallest absolute Gasteiger partial charge is 0.254 e. The van der Waals surface area contributed by atoms with Gasteiger partial charge in [-0.1, -0.05) is 18.2 Å². The molecule has 0 unspecified atom stereocenters. The Hall–Kier alpha value is -4.00. The number of hydrogen-bond acceptors (Lipinski definition) is 5. The number of carbonyl (C=O) groups is 1. The topological polar surface area (TPSA) is 65.3 Å². The second-order valence-corrected chi connectivity index (χ2v) is 7.52. The van der Waals surface area contributed by atoms with E-state index in [2.05, 4.69) is 4.98 Å². The summed E-state index contributed by atoms with van der Waals surface area (Å²) in [6.07, 6.45) is 3.88. The molecule has 0 radical (unpaired) electrons. The second kappa shape index (κ2) is 10.1. The molecule has 4 aromatic rings. The molecule has 0 spiro atoms. The fourth-order valence-electron chi connectivity index (χ4n) is 3.64. The Morgan fingerprint density at radius 2 is 1.85 bits per heavy atom. The van der Waals surface area contributed by atoms with Gasteiger partial charge in [0.25, 0.3) is 5.91 Å². The van der Waals surface area contributed by atoms with E-state index in [0.717, 1.165) is 16.9 Å². The molecule has 2 aromatic heterocycles. The van der Waals surface area contributed by atoms with Crippen molar-refractivity contribution in [2.75, 3.05) is 20.8 Å². The summed E-state index contributed by atoms with van der Waals surface area (Å²) in [5.74, 6) is 1.86. The van der Waals surface area contributed by atoms with Crippen molar-refractivity contribution in [2.45, 2.75) is 20.1 Å². The number of aromatic nitrogens is 2. The average molecular weight is 446 g/mol. The van der Waals surface area contributed by atoms with Crippen LogP contribution >= 0.6 is 0 Å². The highest BCUT2D eigenvalue weighted by molar-refractivity contribution is 5.94. The monoisotopic (exact) mass is 445 g/mol. The number of fused-ring (bicyclic) bond motifs is 1. The molecule has 7 nitrogen and oxygen atoms in total. The minimum absolute atomic E-state index is 0.0644. The molecule has 7 heteroatoms. The SMILES string of the molecule is CCN(Cc1ccc(OC)c(OC)c1)C(=O)c1cccc(OCc2cn3ccccc3n2)c1. The number of pyridine rings is 1. The van der Waals surface area contributed by atoms with E-state index in [0.29, 0.717) is 42.5 Å². The highest BCUT2D eigenvalue weighted by atomic mass is 16.5. The molecular weight excluding hydrogens is 418 g/mol. The first-order valence-electron chi connectivity index (χ1n) is 10.8. The maximum absolute atomic E-state index is 13.2. The number of imidazole rings is 1. The number of hydrogen-bond donors (Lipinski definition) is 0. The Morgan fingerprint density at radius 3 is 2.61 bits per heavy atom. The third kappa shape index (κ3) is 5.09. The summed E-state index contributed by atoms with van der Waals surface area (Å²) in [6, 6.07) is 18.8. The van der Waals surface area contributed by atoms with Crippen molar-refractivity contribution in [3.8, 4) is 17.2 Å². The molecule has 0 N–H and O–H groups in total. The highest BCUT2D eigenvalue weighted by Gasteiger charge is 2.16. The summed E-state index contributed by atoms with van der Waals surface area (Å²) in [6.45, 7) is 3.31. The third-order valence-electron chi connectivity index (χ3n) is 5.37. The van der Waals surface area contributed by atoms with E-state index in [1.54, 1.807) is 31.3 Å². The van der Waals surface area contributed by atoms with Crippen molar-refractivity contribution in [3.05, 3.63) is 89.9 Å². The van der Waals surface area contributed by atoms with Crippen LogP contribution < -0.4 is 14.2 Å². The van der Waals surface area contributed by atoms with Gasteiger partial charge in [-0.2, -0.15) is 0 Å². The Balaban J connectivity index is 1.45. The van der Waals surface area contributed by atoms with E-state index < -0.39 is 0 Å². The summed E-state index contributed by atoms with van der Waals surface area (Å²) in [5, 5.41) is 0. The van der Waals surface area contributed by atoms with Crippen LogP contribution in [0.2, 0.25) is 0 Å². The zero-order chi connectivity index (χ0) is 23.2. The number of nitrogens with zero attached hydrogens (tertiary/aromatic N) is 3. The third-order valence-corrected chi connectivity index (χ3v) is 5.37. The van der Waals surface area contributed by atoms with Gasteiger partial charge in [-0.25, -0.2) is 4.98 Å². The Bertz CT molecular complexity index is 1220. The lowest BCUT2D eigenvalue weighted by Gasteiger charge is -2.22. The van der Waals surface area contributed by atoms with Crippen molar-refractivity contribution >= 4 is 11.6 Å². The van der Waals surface area contributed by atoms with Crippen molar-refractivity contribution < 1.29 is 19.0 Å². The first kappa shape index (κ1) is 22.2. The van der Waals surface area contributed by atoms with Crippen LogP contribution in [0.15, 0.2) is 73.1 Å². The molecule has 0 fully saturated rings. The largest absolute Gasteiger partial charge is 0.493 e. The Morgan fingerprint density at radius 1 is 1.00 bits per heavy atom. The summed E-state index contributed by atoms with van der Waals surface area (Å²) in [4.78, 5) is 19.5. The maximum atomic E-state index is 13.2. The minimum Gasteiger partial charge on any atom is -0.493 e. The molecule has 170 valence electrons. The number of amides is 1. The quantitative estimate of drug-likeness (QED) is 0.377. The second-order valence-electron chi connectivity index (χ2n) is 7.52. The standard InChI is InChI=1S/C26H27N3O4/c1-4-28(16-19-11-12-23(31-2)24(14-19)32-3)26(30)20-8-7-9-22(15-20)33-18-21-17-29-13-6-5-10-25(29)27-21/h5-15,17H,4,16,18H2,1-3H3. The predicted molar refractivity (Wildman–Crippen MR) is 126 cm³/mol. The van der Waals surface area contributed by atoms with Gasteiger partial charge in [0.15, 0.2) is 11.5 Å². The molecule has 33 heavy (non-hydrogen) atoms. The zero-order valence-electron chi connectivity index (χ0n) is 19.0. The van der Waals surface area contributed by atoms with Crippen LogP contribution in [0.5, 0.6) is 17.2 Å². The van der Waals surface area contributed by atoms with E-state index in [1.165, 1.54) is 0 Å². The molecule has 0 bridgehead atoms. The number of ether oxygens (including phenoxy) is 3. The van der Waals surface area contributed by atoms with Gasteiger partial charge in [0.05, 0.1) is 19.9 Å². The van der Waals surface area contributed by atoms with Gasteiger partial charge < -0.3 is 23.5 Å². The molecule has 2 aromatic carbocycles. The molecule has 0 saturated carbocycles. The molecule has 0 atom stereocenters. The van der Waals surface area contributed by atoms with E-state index in [-0.39, 0.29) is 5.91 Å². The lowest BCUT2D eigenvalue weighted by Crippen LogP contribution is -2.30. The van der Waals surface area contributed by atoms with Gasteiger partial charge in [-0.15, -0.1) is 0 Å². The van der Waals surface area contributed by atoms with E-state index in [1.807, 2.05) is 72.2 Å². The number of methoxy groups -OCH3 is 2. The molecular formula is C26H27N3O4. The molecule has 2 heterocycles. The molecule has 4 rings (SSSR count). The number of rotatable bonds is 9. The summed E-state index contributed by atoms with van der Waals surface area (Å²) >= 11 is 0. The van der Waals surface area contributed by atoms with Gasteiger partial charge in [-0.05, 0) is 55.0 Å². The van der Waals surface area contributed by atoms with Crippen LogP contribution in [0.3, 0.4) is 0 Å². The number of benzene rings is 2. The van der Waals surface area contributed by atoms with Crippen molar-refractivity contribution in [2.24, 2.45) is 0 Å². The fraction of sp³-hybridized carbons (Fsp3) is 0.231. The van der Waals surface area contributed by atoms with Crippen molar-refractivity contribution in [3.63, 3.8) is 0 Å². The van der Waals surface area contributed by atoms with E-state index >= 15 is 0 Å². The maximum Gasteiger partial charge on any atom is 0.254 e. The summed E-state index contributed by atoms with van der Waals surface area (Å²) in [7, 11) is 3.20. The predicted octanol–water partition coefficient (Wildman–Crippen LogP) is 4.59. The average Bonchev–Trinajstić information content (AvgIpc) is 3.28. The first-order valence-corrected chi connectivity index (χ1v) is 10.8. The van der Waals surface area contributed by atoms with Crippen molar-refractivity contribution in [1.82, 2.24) is 14.3 Å². The summed E-state index contributed by atoms with van der Waals surface area (Å²) < 4.78 is 18.6. The first-order chi connectivity index (χ1) is 16.1. The summed E-state index contributed by atoms with van der Waals surface area (Å²) in [5.41, 5.74) is 3.22. The Labute approximate surface area is 193 Å². The lowest BCUT2D eigenvalue weighted by atomic mass is 10.1. The fourth-order valence-corrected chi connectivity index (χ4v) is 3.64. The van der Waals surface area contributed by atoms with Gasteiger partial charge in [0.2, 0.25) is 0 Å². The van der Waals surface area contributed by atoms with Gasteiger partial charge in [-0.3, -0.25) is 4.79 Å². The van der Waals surface area contributed by atoms with E-state index in [4.69, 9.17) is 14.2 Å². The van der Waals surface area contributed by atoms with Crippen LogP contribution in [0, 0.1) is 0 Å². The molecule has 0 saturated heterocycles. The van der Waals surface area contributed by atoms with E-state index in [9.17, 15) is 4.79 Å². The Kier molecular flexibility index (Phi) is 6.78. The molecule has 1 amide bonds. The van der Waals surface area contributed by atoms with Gasteiger partial charge in [0, 0.05) is 31.0 Å². The minimum atomic E-state index is -0.0644. The van der Waals surface area contributed by atoms with Crippen LogP contribution in [0.25, 0.3) is 5.65 Å². The zero-order valence-corrected chi connectivity index (χ0v) is 19.0.